The van der Waals surface area contributed by atoms with Gasteiger partial charge in [-0.05, 0) is 54.0 Å². The standard InChI is InChI=1S/C19H17FN4O/c1-11-6-12(7-16(25-2)17(11)20)14-8-15(14)13-9-23-19(24-10-13)18-21-4-3-5-22-18/h3-7,9-10,14-15H,8H2,1-2H3. The molecule has 1 aliphatic rings. The van der Waals surface area contributed by atoms with Gasteiger partial charge in [-0.3, -0.25) is 0 Å². The third-order valence-electron chi connectivity index (χ3n) is 4.55. The van der Waals surface area contributed by atoms with Crippen LogP contribution in [-0.2, 0) is 0 Å². The van der Waals surface area contributed by atoms with Gasteiger partial charge < -0.3 is 4.74 Å². The molecule has 1 aliphatic carbocycles. The number of halogens is 1. The molecular weight excluding hydrogens is 319 g/mol. The maximum Gasteiger partial charge on any atom is 0.197 e. The van der Waals surface area contributed by atoms with Crippen LogP contribution in [0.3, 0.4) is 0 Å². The van der Waals surface area contributed by atoms with E-state index in [1.807, 2.05) is 18.5 Å². The molecule has 2 atom stereocenters. The third-order valence-corrected chi connectivity index (χ3v) is 4.55. The summed E-state index contributed by atoms with van der Waals surface area (Å²) in [6.45, 7) is 1.76. The number of aryl methyl sites for hydroxylation is 1. The molecule has 1 fully saturated rings. The first-order valence-electron chi connectivity index (χ1n) is 8.10. The highest BCUT2D eigenvalue weighted by molar-refractivity contribution is 5.45. The van der Waals surface area contributed by atoms with Crippen molar-refractivity contribution in [3.05, 3.63) is 65.5 Å². The zero-order valence-corrected chi connectivity index (χ0v) is 14.0. The van der Waals surface area contributed by atoms with Gasteiger partial charge in [-0.1, -0.05) is 6.07 Å². The Hall–Kier alpha value is -2.89. The van der Waals surface area contributed by atoms with E-state index in [9.17, 15) is 4.39 Å². The number of benzene rings is 1. The zero-order chi connectivity index (χ0) is 17.4. The summed E-state index contributed by atoms with van der Waals surface area (Å²) in [4.78, 5) is 17.1. The van der Waals surface area contributed by atoms with Gasteiger partial charge in [0.05, 0.1) is 7.11 Å². The van der Waals surface area contributed by atoms with Crippen LogP contribution in [0.5, 0.6) is 5.75 Å². The number of hydrogen-bond donors (Lipinski definition) is 0. The number of nitrogens with zero attached hydrogens (tertiary/aromatic N) is 4. The molecule has 2 aromatic heterocycles. The molecule has 1 aromatic carbocycles. The SMILES string of the molecule is COc1cc(C2CC2c2cnc(-c3ncccn3)nc2)cc(C)c1F. The van der Waals surface area contributed by atoms with E-state index in [-0.39, 0.29) is 5.82 Å². The fraction of sp³-hybridized carbons (Fsp3) is 0.263. The van der Waals surface area contributed by atoms with E-state index in [0.717, 1.165) is 17.5 Å². The molecule has 126 valence electrons. The molecule has 2 unspecified atom stereocenters. The molecule has 2 heterocycles. The molecule has 0 bridgehead atoms. The molecule has 0 saturated heterocycles. The lowest BCUT2D eigenvalue weighted by Gasteiger charge is -2.08. The monoisotopic (exact) mass is 336 g/mol. The van der Waals surface area contributed by atoms with Gasteiger partial charge in [0.15, 0.2) is 23.2 Å². The van der Waals surface area contributed by atoms with E-state index in [1.165, 1.54) is 7.11 Å². The van der Waals surface area contributed by atoms with Gasteiger partial charge in [0, 0.05) is 24.8 Å². The maximum atomic E-state index is 13.9. The largest absolute Gasteiger partial charge is 0.494 e. The Bertz CT molecular complexity index is 899. The second kappa shape index (κ2) is 6.20. The number of hydrogen-bond acceptors (Lipinski definition) is 5. The Morgan fingerprint density at radius 2 is 1.60 bits per heavy atom. The normalized spacial score (nSPS) is 18.8. The topological polar surface area (TPSA) is 60.8 Å². The Labute approximate surface area is 145 Å². The first kappa shape index (κ1) is 15.6. The second-order valence-corrected chi connectivity index (χ2v) is 6.22. The summed E-state index contributed by atoms with van der Waals surface area (Å²) < 4.78 is 19.1. The lowest BCUT2D eigenvalue weighted by Crippen LogP contribution is -1.97. The Morgan fingerprint density at radius 1 is 0.960 bits per heavy atom. The molecule has 5 nitrogen and oxygen atoms in total. The van der Waals surface area contributed by atoms with Crippen LogP contribution in [0.1, 0.15) is 34.9 Å². The minimum absolute atomic E-state index is 0.293. The maximum absolute atomic E-state index is 13.9. The molecule has 0 N–H and O–H groups in total. The van der Waals surface area contributed by atoms with Crippen LogP contribution in [0.4, 0.5) is 4.39 Å². The Balaban J connectivity index is 1.55. The van der Waals surface area contributed by atoms with Crippen LogP contribution >= 0.6 is 0 Å². The molecule has 25 heavy (non-hydrogen) atoms. The smallest absolute Gasteiger partial charge is 0.197 e. The van der Waals surface area contributed by atoms with E-state index >= 15 is 0 Å². The Kier molecular flexibility index (Phi) is 3.87. The first-order valence-corrected chi connectivity index (χ1v) is 8.10. The lowest BCUT2D eigenvalue weighted by molar-refractivity contribution is 0.384. The van der Waals surface area contributed by atoms with Gasteiger partial charge in [0.2, 0.25) is 0 Å². The minimum atomic E-state index is -0.293. The average Bonchev–Trinajstić information content (AvgIpc) is 3.45. The molecular formula is C19H17FN4O. The summed E-state index contributed by atoms with van der Waals surface area (Å²) in [6, 6.07) is 5.45. The first-order chi connectivity index (χ1) is 12.2. The Morgan fingerprint density at radius 3 is 2.28 bits per heavy atom. The highest BCUT2D eigenvalue weighted by atomic mass is 19.1. The molecule has 0 spiro atoms. The summed E-state index contributed by atoms with van der Waals surface area (Å²) in [7, 11) is 1.49. The molecule has 1 saturated carbocycles. The van der Waals surface area contributed by atoms with Crippen LogP contribution in [0.25, 0.3) is 11.6 Å². The van der Waals surface area contributed by atoms with E-state index in [1.54, 1.807) is 31.5 Å². The predicted molar refractivity (Wildman–Crippen MR) is 90.8 cm³/mol. The summed E-state index contributed by atoms with van der Waals surface area (Å²) in [5.74, 6) is 1.73. The lowest BCUT2D eigenvalue weighted by atomic mass is 10.0. The van der Waals surface area contributed by atoms with Crippen molar-refractivity contribution in [2.24, 2.45) is 0 Å². The van der Waals surface area contributed by atoms with Crippen molar-refractivity contribution >= 4 is 0 Å². The van der Waals surface area contributed by atoms with Crippen molar-refractivity contribution in [3.8, 4) is 17.4 Å². The van der Waals surface area contributed by atoms with Crippen molar-refractivity contribution in [2.45, 2.75) is 25.2 Å². The van der Waals surface area contributed by atoms with E-state index in [0.29, 0.717) is 34.8 Å². The number of aromatic nitrogens is 4. The summed E-state index contributed by atoms with van der Waals surface area (Å²) in [5, 5.41) is 0. The number of methoxy groups -OCH3 is 1. The van der Waals surface area contributed by atoms with Crippen LogP contribution < -0.4 is 4.74 Å². The number of rotatable bonds is 4. The van der Waals surface area contributed by atoms with Gasteiger partial charge in [-0.25, -0.2) is 24.3 Å². The van der Waals surface area contributed by atoms with Gasteiger partial charge in [-0.2, -0.15) is 0 Å². The predicted octanol–water partition coefficient (Wildman–Crippen LogP) is 3.66. The van der Waals surface area contributed by atoms with E-state index < -0.39 is 0 Å². The van der Waals surface area contributed by atoms with Crippen molar-refractivity contribution in [1.82, 2.24) is 19.9 Å². The zero-order valence-electron chi connectivity index (χ0n) is 14.0. The number of ether oxygens (including phenoxy) is 1. The summed E-state index contributed by atoms with van der Waals surface area (Å²) in [5.41, 5.74) is 2.77. The van der Waals surface area contributed by atoms with Crippen molar-refractivity contribution in [1.29, 1.82) is 0 Å². The molecule has 3 aromatic rings. The quantitative estimate of drug-likeness (QED) is 0.727. The fourth-order valence-electron chi connectivity index (χ4n) is 3.12. The second-order valence-electron chi connectivity index (χ2n) is 6.22. The van der Waals surface area contributed by atoms with Gasteiger partial charge >= 0.3 is 0 Å². The molecule has 4 rings (SSSR count). The highest BCUT2D eigenvalue weighted by Gasteiger charge is 2.40. The van der Waals surface area contributed by atoms with Crippen LogP contribution in [0.2, 0.25) is 0 Å². The molecule has 6 heteroatoms. The van der Waals surface area contributed by atoms with Gasteiger partial charge in [0.1, 0.15) is 0 Å². The van der Waals surface area contributed by atoms with Gasteiger partial charge in [0.25, 0.3) is 0 Å². The molecule has 0 aliphatic heterocycles. The van der Waals surface area contributed by atoms with Crippen molar-refractivity contribution < 1.29 is 9.13 Å². The third kappa shape index (κ3) is 2.95. The van der Waals surface area contributed by atoms with Gasteiger partial charge in [-0.15, -0.1) is 0 Å². The highest BCUT2D eigenvalue weighted by Crippen LogP contribution is 2.55. The van der Waals surface area contributed by atoms with E-state index in [2.05, 4.69) is 19.9 Å². The van der Waals surface area contributed by atoms with Crippen molar-refractivity contribution in [2.75, 3.05) is 7.11 Å². The minimum Gasteiger partial charge on any atom is -0.494 e. The molecule has 0 amide bonds. The van der Waals surface area contributed by atoms with Crippen LogP contribution in [0.15, 0.2) is 43.0 Å². The van der Waals surface area contributed by atoms with E-state index in [4.69, 9.17) is 4.74 Å². The van der Waals surface area contributed by atoms with Crippen LogP contribution in [-0.4, -0.2) is 27.0 Å². The summed E-state index contributed by atoms with van der Waals surface area (Å²) in [6.07, 6.45) is 7.99. The summed E-state index contributed by atoms with van der Waals surface area (Å²) >= 11 is 0. The molecule has 0 radical (unpaired) electrons. The fourth-order valence-corrected chi connectivity index (χ4v) is 3.12. The van der Waals surface area contributed by atoms with Crippen LogP contribution in [0, 0.1) is 12.7 Å². The average molecular weight is 336 g/mol. The van der Waals surface area contributed by atoms with Crippen molar-refractivity contribution in [3.63, 3.8) is 0 Å².